The Hall–Kier alpha value is -5.56. The lowest BCUT2D eigenvalue weighted by Gasteiger charge is -2.17. The van der Waals surface area contributed by atoms with Gasteiger partial charge >= 0.3 is 0 Å². The van der Waals surface area contributed by atoms with E-state index in [0.29, 0.717) is 24.5 Å². The van der Waals surface area contributed by atoms with Crippen LogP contribution >= 0.6 is 0 Å². The van der Waals surface area contributed by atoms with Crippen LogP contribution in [0.4, 0.5) is 0 Å². The minimum absolute atomic E-state index is 0.133. The van der Waals surface area contributed by atoms with E-state index in [1.807, 2.05) is 75.4 Å². The third kappa shape index (κ3) is 9.72. The fourth-order valence-corrected chi connectivity index (χ4v) is 4.53. The maximum Gasteiger partial charge on any atom is 0.271 e. The summed E-state index contributed by atoms with van der Waals surface area (Å²) in [6.07, 6.45) is -0.903. The molecule has 2 heterocycles. The lowest BCUT2D eigenvalue weighted by atomic mass is 10.1. The molecule has 0 aliphatic heterocycles. The number of aliphatic hydroxyl groups is 1. The van der Waals surface area contributed by atoms with Crippen molar-refractivity contribution in [2.24, 2.45) is 0 Å². The number of carbonyl (C=O) groups excluding carboxylic acids is 4. The average Bonchev–Trinajstić information content (AvgIpc) is 3.72. The fourth-order valence-electron chi connectivity index (χ4n) is 4.53. The molecule has 0 saturated heterocycles. The molecule has 13 heteroatoms. The molecule has 4 rings (SSSR count). The van der Waals surface area contributed by atoms with Crippen molar-refractivity contribution in [3.05, 3.63) is 106 Å². The number of hydrogen-bond acceptors (Lipinski definition) is 7. The molecule has 256 valence electrons. The topological polar surface area (TPSA) is 187 Å². The van der Waals surface area contributed by atoms with E-state index in [1.165, 1.54) is 20.2 Å². The smallest absolute Gasteiger partial charge is 0.271 e. The van der Waals surface area contributed by atoms with Crippen molar-refractivity contribution in [3.63, 3.8) is 0 Å². The molecule has 48 heavy (non-hydrogen) atoms. The number of rotatable bonds is 13. The number of aromatic amines is 2. The summed E-state index contributed by atoms with van der Waals surface area (Å²) in [7, 11) is 3.02. The second-order valence-electron chi connectivity index (χ2n) is 10.6. The number of H-pyrrole nitrogens is 2. The molecular weight excluding hydrogens is 616 g/mol. The minimum atomic E-state index is -0.646. The van der Waals surface area contributed by atoms with Crippen molar-refractivity contribution >= 4 is 23.6 Å². The van der Waals surface area contributed by atoms with E-state index in [0.717, 1.165) is 16.7 Å². The van der Waals surface area contributed by atoms with Crippen LogP contribution in [0.1, 0.15) is 91.6 Å². The van der Waals surface area contributed by atoms with Crippen LogP contribution in [0.2, 0.25) is 0 Å². The van der Waals surface area contributed by atoms with E-state index in [-0.39, 0.29) is 53.3 Å². The standard InChI is InChI=1S/C18H23N3O3.C17H21N3O4/c1-5-20-17(22)14-10-15(16(21-14)18(23)19-4)24-12(3)13-8-6-11(2)7-9-13;1-3-19-16(22)12-9-13(15(20-12)17(23)18-2)24-14(10-21)11-7-5-4-6-8-11/h6-10,12,21H,5H2,1-4H3,(H,19,23)(H,20,22);4-9,14,20-21H,3,10H2,1-2H3,(H,18,23)(H,19,22). The summed E-state index contributed by atoms with van der Waals surface area (Å²) in [6.45, 7) is 8.25. The Kier molecular flexibility index (Phi) is 13.8. The average molecular weight is 661 g/mol. The summed E-state index contributed by atoms with van der Waals surface area (Å²) in [6, 6.07) is 20.1. The Morgan fingerprint density at radius 1 is 0.708 bits per heavy atom. The van der Waals surface area contributed by atoms with Crippen molar-refractivity contribution in [1.82, 2.24) is 31.2 Å². The van der Waals surface area contributed by atoms with Crippen molar-refractivity contribution in [2.75, 3.05) is 33.8 Å². The van der Waals surface area contributed by atoms with Gasteiger partial charge in [-0.05, 0) is 38.8 Å². The molecule has 4 aromatic rings. The van der Waals surface area contributed by atoms with Gasteiger partial charge in [-0.2, -0.15) is 0 Å². The van der Waals surface area contributed by atoms with Crippen LogP contribution in [-0.4, -0.2) is 72.5 Å². The van der Waals surface area contributed by atoms with E-state index < -0.39 is 12.0 Å². The number of amides is 4. The Labute approximate surface area is 279 Å². The number of aromatic nitrogens is 2. The zero-order valence-corrected chi connectivity index (χ0v) is 28.0. The second-order valence-corrected chi connectivity index (χ2v) is 10.6. The molecule has 0 aliphatic rings. The molecule has 0 radical (unpaired) electrons. The van der Waals surface area contributed by atoms with Crippen molar-refractivity contribution in [3.8, 4) is 11.5 Å². The van der Waals surface area contributed by atoms with E-state index in [1.54, 1.807) is 13.0 Å². The van der Waals surface area contributed by atoms with Crippen molar-refractivity contribution in [2.45, 2.75) is 39.9 Å². The third-order valence-corrected chi connectivity index (χ3v) is 7.09. The van der Waals surface area contributed by atoms with Crippen LogP contribution in [0.3, 0.4) is 0 Å². The Morgan fingerprint density at radius 2 is 1.19 bits per heavy atom. The zero-order chi connectivity index (χ0) is 35.2. The van der Waals surface area contributed by atoms with E-state index in [9.17, 15) is 24.3 Å². The predicted octanol–water partition coefficient (Wildman–Crippen LogP) is 3.81. The largest absolute Gasteiger partial charge is 0.484 e. The van der Waals surface area contributed by atoms with Gasteiger partial charge in [-0.15, -0.1) is 0 Å². The number of benzene rings is 2. The molecule has 7 N–H and O–H groups in total. The third-order valence-electron chi connectivity index (χ3n) is 7.09. The molecule has 4 amide bonds. The monoisotopic (exact) mass is 660 g/mol. The molecular formula is C35H44N6O7. The Bertz CT molecular complexity index is 1660. The van der Waals surface area contributed by atoms with Gasteiger partial charge in [-0.25, -0.2) is 0 Å². The Morgan fingerprint density at radius 3 is 1.62 bits per heavy atom. The normalized spacial score (nSPS) is 11.6. The van der Waals surface area contributed by atoms with Crippen molar-refractivity contribution in [1.29, 1.82) is 0 Å². The van der Waals surface area contributed by atoms with Crippen LogP contribution in [0.15, 0.2) is 66.7 Å². The van der Waals surface area contributed by atoms with Gasteiger partial charge < -0.3 is 45.8 Å². The van der Waals surface area contributed by atoms with Crippen LogP contribution in [-0.2, 0) is 0 Å². The summed E-state index contributed by atoms with van der Waals surface area (Å²) >= 11 is 0. The molecule has 2 aromatic heterocycles. The lowest BCUT2D eigenvalue weighted by molar-refractivity contribution is 0.0926. The maximum atomic E-state index is 12.0. The molecule has 13 nitrogen and oxygen atoms in total. The summed E-state index contributed by atoms with van der Waals surface area (Å²) in [4.78, 5) is 53.6. The molecule has 0 fully saturated rings. The molecule has 2 unspecified atom stereocenters. The summed E-state index contributed by atoms with van der Waals surface area (Å²) in [5, 5.41) is 20.0. The number of carbonyl (C=O) groups is 4. The number of nitrogens with one attached hydrogen (secondary N) is 6. The Balaban J connectivity index is 0.000000260. The van der Waals surface area contributed by atoms with Crippen LogP contribution in [0, 0.1) is 6.92 Å². The van der Waals surface area contributed by atoms with Gasteiger partial charge in [0.15, 0.2) is 11.5 Å². The zero-order valence-electron chi connectivity index (χ0n) is 28.0. The highest BCUT2D eigenvalue weighted by atomic mass is 16.5. The van der Waals surface area contributed by atoms with E-state index in [2.05, 4.69) is 31.2 Å². The lowest BCUT2D eigenvalue weighted by Crippen LogP contribution is -2.24. The summed E-state index contributed by atoms with van der Waals surface area (Å²) in [5.41, 5.74) is 3.80. The quantitative estimate of drug-likeness (QED) is 0.114. The van der Waals surface area contributed by atoms with Gasteiger partial charge in [0, 0.05) is 39.3 Å². The highest BCUT2D eigenvalue weighted by Crippen LogP contribution is 2.28. The second kappa shape index (κ2) is 18.0. The number of aryl methyl sites for hydroxylation is 1. The van der Waals surface area contributed by atoms with Gasteiger partial charge in [0.05, 0.1) is 6.61 Å². The number of hydrogen-bond donors (Lipinski definition) is 7. The fraction of sp³-hybridized carbons (Fsp3) is 0.314. The first kappa shape index (κ1) is 36.9. The van der Waals surface area contributed by atoms with Gasteiger partial charge in [-0.1, -0.05) is 60.2 Å². The molecule has 0 saturated carbocycles. The number of aliphatic hydroxyl groups excluding tert-OH is 1. The van der Waals surface area contributed by atoms with E-state index >= 15 is 0 Å². The maximum absolute atomic E-state index is 12.0. The minimum Gasteiger partial charge on any atom is -0.484 e. The highest BCUT2D eigenvalue weighted by Gasteiger charge is 2.23. The van der Waals surface area contributed by atoms with Crippen molar-refractivity contribution < 1.29 is 33.8 Å². The van der Waals surface area contributed by atoms with Gasteiger partial charge in [-0.3, -0.25) is 19.2 Å². The summed E-state index contributed by atoms with van der Waals surface area (Å²) in [5.74, 6) is -0.803. The first-order valence-corrected chi connectivity index (χ1v) is 15.6. The summed E-state index contributed by atoms with van der Waals surface area (Å²) < 4.78 is 11.7. The first-order valence-electron chi connectivity index (χ1n) is 15.6. The predicted molar refractivity (Wildman–Crippen MR) is 181 cm³/mol. The highest BCUT2D eigenvalue weighted by molar-refractivity contribution is 6.00. The first-order chi connectivity index (χ1) is 23.1. The molecule has 2 atom stereocenters. The SMILES string of the molecule is CCNC(=O)c1cc(OC(C)c2ccc(C)cc2)c(C(=O)NC)[nH]1.CCNC(=O)c1cc(OC(CO)c2ccccc2)c(C(=O)NC)[nH]1. The van der Waals surface area contributed by atoms with Gasteiger partial charge in [0.1, 0.15) is 35.0 Å². The molecule has 2 aromatic carbocycles. The van der Waals surface area contributed by atoms with Crippen LogP contribution in [0.25, 0.3) is 0 Å². The molecule has 0 spiro atoms. The molecule has 0 aliphatic carbocycles. The van der Waals surface area contributed by atoms with E-state index in [4.69, 9.17) is 9.47 Å². The van der Waals surface area contributed by atoms with Crippen LogP contribution in [0.5, 0.6) is 11.5 Å². The molecule has 0 bridgehead atoms. The van der Waals surface area contributed by atoms with Gasteiger partial charge in [0.25, 0.3) is 23.6 Å². The van der Waals surface area contributed by atoms with Crippen LogP contribution < -0.4 is 30.7 Å². The number of ether oxygens (including phenoxy) is 2. The van der Waals surface area contributed by atoms with Gasteiger partial charge in [0.2, 0.25) is 0 Å².